The van der Waals surface area contributed by atoms with E-state index in [1.807, 2.05) is 48.6 Å². The van der Waals surface area contributed by atoms with Crippen LogP contribution in [0.1, 0.15) is 62.4 Å². The third-order valence-electron chi connectivity index (χ3n) is 7.54. The zero-order chi connectivity index (χ0) is 29.6. The smallest absolute Gasteiger partial charge is 0.343 e. The summed E-state index contributed by atoms with van der Waals surface area (Å²) in [7, 11) is 1.36. The van der Waals surface area contributed by atoms with Gasteiger partial charge in [-0.15, -0.1) is 13.2 Å². The molecule has 0 saturated carbocycles. The molecule has 0 aliphatic rings. The van der Waals surface area contributed by atoms with Crippen molar-refractivity contribution in [3.05, 3.63) is 149 Å². The van der Waals surface area contributed by atoms with Crippen LogP contribution in [0.25, 0.3) is 11.1 Å². The molecular formula is C37H36O4. The lowest BCUT2D eigenvalue weighted by atomic mass is 9.76. The minimum atomic E-state index is -0.428. The first-order chi connectivity index (χ1) is 19.7. The van der Waals surface area contributed by atoms with Gasteiger partial charge in [0.05, 0.1) is 18.2 Å². The minimum Gasteiger partial charge on any atom is -0.465 e. The van der Waals surface area contributed by atoms with Crippen molar-refractivity contribution in [3.63, 3.8) is 0 Å². The van der Waals surface area contributed by atoms with E-state index in [0.717, 1.165) is 28.7 Å². The topological polar surface area (TPSA) is 52.6 Å². The molecule has 0 N–H and O–H groups in total. The van der Waals surface area contributed by atoms with Gasteiger partial charge < -0.3 is 9.47 Å². The molecule has 0 radical (unpaired) electrons. The summed E-state index contributed by atoms with van der Waals surface area (Å²) < 4.78 is 10.6. The Kier molecular flexibility index (Phi) is 9.04. The highest BCUT2D eigenvalue weighted by molar-refractivity contribution is 5.92. The maximum Gasteiger partial charge on any atom is 0.343 e. The molecule has 4 aromatic carbocycles. The number of aryl methyl sites for hydroxylation is 1. The van der Waals surface area contributed by atoms with Crippen LogP contribution in [-0.4, -0.2) is 19.0 Å². The molecule has 0 saturated heterocycles. The van der Waals surface area contributed by atoms with Gasteiger partial charge in [-0.1, -0.05) is 80.6 Å². The number of ether oxygens (including phenoxy) is 2. The minimum absolute atomic E-state index is 0.257. The SMILES string of the molecule is C=CCc1cc(C(C)(C)c2ccc(OC(=O)c3ccc(-c4ccc(C(=O)OC)cc4)cc3)c(CC=C)c2)ccc1C. The molecule has 0 aliphatic carbocycles. The number of carbonyl (C=O) groups is 2. The molecule has 0 aromatic heterocycles. The van der Waals surface area contributed by atoms with Gasteiger partial charge in [-0.3, -0.25) is 0 Å². The van der Waals surface area contributed by atoms with E-state index in [0.29, 0.717) is 23.3 Å². The highest BCUT2D eigenvalue weighted by atomic mass is 16.5. The summed E-state index contributed by atoms with van der Waals surface area (Å²) in [6.45, 7) is 14.3. The zero-order valence-electron chi connectivity index (χ0n) is 24.2. The molecule has 0 bridgehead atoms. The second-order valence-corrected chi connectivity index (χ2v) is 10.6. The van der Waals surface area contributed by atoms with Crippen molar-refractivity contribution in [2.75, 3.05) is 7.11 Å². The van der Waals surface area contributed by atoms with Gasteiger partial charge in [0.2, 0.25) is 0 Å². The number of carbonyl (C=O) groups excluding carboxylic acids is 2. The molecule has 4 heteroatoms. The molecule has 4 rings (SSSR count). The summed E-state index contributed by atoms with van der Waals surface area (Å²) >= 11 is 0. The average Bonchev–Trinajstić information content (AvgIpc) is 2.99. The first-order valence-corrected chi connectivity index (χ1v) is 13.6. The number of allylic oxidation sites excluding steroid dienone is 2. The number of hydrogen-bond acceptors (Lipinski definition) is 4. The summed E-state index contributed by atoms with van der Waals surface area (Å²) in [4.78, 5) is 24.8. The Morgan fingerprint density at radius 1 is 0.707 bits per heavy atom. The highest BCUT2D eigenvalue weighted by Gasteiger charge is 2.25. The van der Waals surface area contributed by atoms with E-state index in [-0.39, 0.29) is 11.4 Å². The van der Waals surface area contributed by atoms with Gasteiger partial charge in [0.1, 0.15) is 5.75 Å². The fraction of sp³-hybridized carbons (Fsp3) is 0.189. The second-order valence-electron chi connectivity index (χ2n) is 10.6. The van der Waals surface area contributed by atoms with Crippen LogP contribution in [0.15, 0.2) is 110 Å². The van der Waals surface area contributed by atoms with Crippen molar-refractivity contribution in [1.29, 1.82) is 0 Å². The maximum atomic E-state index is 13.1. The molecule has 0 aliphatic heterocycles. The van der Waals surface area contributed by atoms with Gasteiger partial charge in [0.25, 0.3) is 0 Å². The Labute approximate surface area is 243 Å². The van der Waals surface area contributed by atoms with Gasteiger partial charge in [-0.05, 0) is 89.0 Å². The van der Waals surface area contributed by atoms with Crippen LogP contribution >= 0.6 is 0 Å². The molecule has 41 heavy (non-hydrogen) atoms. The van der Waals surface area contributed by atoms with Crippen molar-refractivity contribution in [3.8, 4) is 16.9 Å². The van der Waals surface area contributed by atoms with Crippen molar-refractivity contribution in [1.82, 2.24) is 0 Å². The number of benzene rings is 4. The third kappa shape index (κ3) is 6.55. The van der Waals surface area contributed by atoms with Crippen molar-refractivity contribution >= 4 is 11.9 Å². The summed E-state index contributed by atoms with van der Waals surface area (Å²) in [5.74, 6) is -0.287. The van der Waals surface area contributed by atoms with E-state index in [4.69, 9.17) is 9.47 Å². The summed E-state index contributed by atoms with van der Waals surface area (Å²) in [6, 6.07) is 27.0. The van der Waals surface area contributed by atoms with E-state index in [1.54, 1.807) is 24.3 Å². The van der Waals surface area contributed by atoms with Gasteiger partial charge in [0.15, 0.2) is 0 Å². The van der Waals surface area contributed by atoms with Gasteiger partial charge in [0, 0.05) is 5.41 Å². The van der Waals surface area contributed by atoms with E-state index in [2.05, 4.69) is 58.2 Å². The number of hydrogen-bond donors (Lipinski definition) is 0. The normalized spacial score (nSPS) is 11.0. The van der Waals surface area contributed by atoms with Gasteiger partial charge in [-0.2, -0.15) is 0 Å². The summed E-state index contributed by atoms with van der Waals surface area (Å²) in [5.41, 5.74) is 8.29. The van der Waals surface area contributed by atoms with Crippen molar-refractivity contribution < 1.29 is 19.1 Å². The molecule has 4 aromatic rings. The first kappa shape index (κ1) is 29.3. The van der Waals surface area contributed by atoms with E-state index >= 15 is 0 Å². The fourth-order valence-electron chi connectivity index (χ4n) is 4.86. The Hall–Kier alpha value is -4.70. The zero-order valence-corrected chi connectivity index (χ0v) is 24.2. The van der Waals surface area contributed by atoms with Crippen LogP contribution in [0.5, 0.6) is 5.75 Å². The van der Waals surface area contributed by atoms with Crippen LogP contribution in [0.2, 0.25) is 0 Å². The molecule has 208 valence electrons. The largest absolute Gasteiger partial charge is 0.465 e. The molecule has 0 fully saturated rings. The lowest BCUT2D eigenvalue weighted by molar-refractivity contribution is 0.0600. The predicted molar refractivity (Wildman–Crippen MR) is 166 cm³/mol. The second kappa shape index (κ2) is 12.6. The molecule has 0 unspecified atom stereocenters. The molecule has 0 spiro atoms. The Bertz CT molecular complexity index is 1570. The van der Waals surface area contributed by atoms with Gasteiger partial charge in [-0.25, -0.2) is 9.59 Å². The van der Waals surface area contributed by atoms with Crippen molar-refractivity contribution in [2.24, 2.45) is 0 Å². The molecular weight excluding hydrogens is 508 g/mol. The van der Waals surface area contributed by atoms with Crippen LogP contribution < -0.4 is 4.74 Å². The molecule has 0 atom stereocenters. The van der Waals surface area contributed by atoms with Crippen molar-refractivity contribution in [2.45, 2.75) is 39.0 Å². The Morgan fingerprint density at radius 3 is 1.73 bits per heavy atom. The average molecular weight is 545 g/mol. The molecule has 0 heterocycles. The summed E-state index contributed by atoms with van der Waals surface area (Å²) in [6.07, 6.45) is 5.15. The standard InChI is InChI=1S/C37H36O4/c1-7-9-30-23-32(20-11-25(30)3)37(4,5)33-21-22-34(31(24-33)10-8-2)41-36(39)29-18-14-27(15-19-29)26-12-16-28(17-13-26)35(38)40-6/h7-8,11-24H,1-2,9-10H2,3-6H3. The predicted octanol–water partition coefficient (Wildman–Crippen LogP) is 8.45. The first-order valence-electron chi connectivity index (χ1n) is 13.6. The van der Waals surface area contributed by atoms with Crippen LogP contribution in [0.4, 0.5) is 0 Å². The number of methoxy groups -OCH3 is 1. The Morgan fingerprint density at radius 2 is 1.20 bits per heavy atom. The van der Waals surface area contributed by atoms with E-state index in [9.17, 15) is 9.59 Å². The Balaban J connectivity index is 1.55. The summed E-state index contributed by atoms with van der Waals surface area (Å²) in [5, 5.41) is 0. The quantitative estimate of drug-likeness (QED) is 0.114. The van der Waals surface area contributed by atoms with Gasteiger partial charge >= 0.3 is 11.9 Å². The lowest BCUT2D eigenvalue weighted by Crippen LogP contribution is -2.20. The molecule has 4 nitrogen and oxygen atoms in total. The fourth-order valence-corrected chi connectivity index (χ4v) is 4.86. The van der Waals surface area contributed by atoms with Crippen LogP contribution in [0, 0.1) is 6.92 Å². The highest BCUT2D eigenvalue weighted by Crippen LogP contribution is 2.35. The monoisotopic (exact) mass is 544 g/mol. The molecule has 0 amide bonds. The van der Waals surface area contributed by atoms with Crippen LogP contribution in [-0.2, 0) is 23.0 Å². The number of esters is 2. The van der Waals surface area contributed by atoms with E-state index < -0.39 is 5.97 Å². The lowest BCUT2D eigenvalue weighted by Gasteiger charge is -2.28. The van der Waals surface area contributed by atoms with Crippen LogP contribution in [0.3, 0.4) is 0 Å². The van der Waals surface area contributed by atoms with E-state index in [1.165, 1.54) is 23.8 Å². The number of rotatable bonds is 10. The maximum absolute atomic E-state index is 13.1. The third-order valence-corrected chi connectivity index (χ3v) is 7.54.